The van der Waals surface area contributed by atoms with Gasteiger partial charge in [-0.05, 0) is 42.8 Å². The Labute approximate surface area is 149 Å². The van der Waals surface area contributed by atoms with Crippen molar-refractivity contribution >= 4 is 29.1 Å². The molecule has 0 atom stereocenters. The number of rotatable bonds is 7. The van der Waals surface area contributed by atoms with Gasteiger partial charge in [0.2, 0.25) is 0 Å². The molecule has 0 amide bonds. The van der Waals surface area contributed by atoms with Gasteiger partial charge in [0.25, 0.3) is 5.69 Å². The number of ketones is 1. The lowest BCUT2D eigenvalue weighted by Crippen LogP contribution is -1.97. The first kappa shape index (κ1) is 18.5. The van der Waals surface area contributed by atoms with Crippen LogP contribution in [0, 0.1) is 10.1 Å². The molecule has 7 heteroatoms. The van der Waals surface area contributed by atoms with Crippen molar-refractivity contribution in [3.05, 3.63) is 68.7 Å². The Hall–Kier alpha value is -2.86. The smallest absolute Gasteiger partial charge is 0.269 e. The number of nitro benzene ring substituents is 1. The molecule has 0 aromatic heterocycles. The number of nitro groups is 1. The Bertz CT molecular complexity index is 815. The molecule has 0 spiro atoms. The second-order valence-electron chi connectivity index (χ2n) is 4.97. The highest BCUT2D eigenvalue weighted by Crippen LogP contribution is 2.36. The van der Waals surface area contributed by atoms with Crippen LogP contribution in [0.2, 0.25) is 5.02 Å². The molecule has 0 aliphatic heterocycles. The summed E-state index contributed by atoms with van der Waals surface area (Å²) >= 11 is 6.18. The van der Waals surface area contributed by atoms with E-state index in [-0.39, 0.29) is 11.5 Å². The molecule has 0 saturated heterocycles. The minimum absolute atomic E-state index is 0.0661. The summed E-state index contributed by atoms with van der Waals surface area (Å²) in [6.07, 6.45) is 2.96. The molecule has 0 bridgehead atoms. The van der Waals surface area contributed by atoms with Crippen LogP contribution in [0.1, 0.15) is 22.8 Å². The van der Waals surface area contributed by atoms with Gasteiger partial charge in [-0.1, -0.05) is 17.7 Å². The predicted molar refractivity (Wildman–Crippen MR) is 95.6 cm³/mol. The highest BCUT2D eigenvalue weighted by Gasteiger charge is 2.11. The SMILES string of the molecule is CCOc1c(Cl)cc(C=CC(=O)c2ccc([N+](=O)[O-])cc2)cc1OC. The minimum atomic E-state index is -0.516. The van der Waals surface area contributed by atoms with E-state index >= 15 is 0 Å². The van der Waals surface area contributed by atoms with E-state index in [1.165, 1.54) is 37.5 Å². The number of halogens is 1. The Morgan fingerprint density at radius 1 is 1.28 bits per heavy atom. The molecule has 6 nitrogen and oxygen atoms in total. The van der Waals surface area contributed by atoms with Crippen LogP contribution < -0.4 is 9.47 Å². The third-order valence-electron chi connectivity index (χ3n) is 3.33. The summed E-state index contributed by atoms with van der Waals surface area (Å²) in [5.41, 5.74) is 0.954. The monoisotopic (exact) mass is 361 g/mol. The summed E-state index contributed by atoms with van der Waals surface area (Å²) in [5.74, 6) is 0.640. The fourth-order valence-electron chi connectivity index (χ4n) is 2.14. The molecule has 0 radical (unpaired) electrons. The highest BCUT2D eigenvalue weighted by molar-refractivity contribution is 6.32. The molecule has 0 N–H and O–H groups in total. The predicted octanol–water partition coefficient (Wildman–Crippen LogP) is 4.55. The number of ether oxygens (including phenoxy) is 2. The number of hydrogen-bond donors (Lipinski definition) is 0. The molecule has 2 rings (SSSR count). The van der Waals surface area contributed by atoms with E-state index in [4.69, 9.17) is 21.1 Å². The van der Waals surface area contributed by atoms with Gasteiger partial charge in [-0.15, -0.1) is 0 Å². The number of carbonyl (C=O) groups is 1. The van der Waals surface area contributed by atoms with Crippen LogP contribution in [0.15, 0.2) is 42.5 Å². The van der Waals surface area contributed by atoms with Crippen molar-refractivity contribution in [1.29, 1.82) is 0 Å². The fraction of sp³-hybridized carbons (Fsp3) is 0.167. The standard InChI is InChI=1S/C18H16ClNO5/c1-3-25-18-15(19)10-12(11-17(18)24-2)4-9-16(21)13-5-7-14(8-6-13)20(22)23/h4-11H,3H2,1-2H3. The molecule has 2 aromatic carbocycles. The summed E-state index contributed by atoms with van der Waals surface area (Å²) < 4.78 is 10.7. The van der Waals surface area contributed by atoms with E-state index in [2.05, 4.69) is 0 Å². The van der Waals surface area contributed by atoms with E-state index in [0.717, 1.165) is 0 Å². The molecule has 0 aliphatic rings. The first-order chi connectivity index (χ1) is 12.0. The van der Waals surface area contributed by atoms with Crippen LogP contribution >= 0.6 is 11.6 Å². The zero-order valence-corrected chi connectivity index (χ0v) is 14.4. The summed E-state index contributed by atoms with van der Waals surface area (Å²) in [4.78, 5) is 22.3. The second kappa shape index (κ2) is 8.30. The van der Waals surface area contributed by atoms with Gasteiger partial charge in [-0.25, -0.2) is 0 Å². The number of nitrogens with zero attached hydrogens (tertiary/aromatic N) is 1. The fourth-order valence-corrected chi connectivity index (χ4v) is 2.41. The average molecular weight is 362 g/mol. The Morgan fingerprint density at radius 3 is 2.52 bits per heavy atom. The quantitative estimate of drug-likeness (QED) is 0.313. The zero-order valence-electron chi connectivity index (χ0n) is 13.7. The third kappa shape index (κ3) is 4.58. The first-order valence-corrected chi connectivity index (χ1v) is 7.81. The van der Waals surface area contributed by atoms with E-state index in [9.17, 15) is 14.9 Å². The maximum absolute atomic E-state index is 12.2. The van der Waals surface area contributed by atoms with Crippen molar-refractivity contribution in [3.63, 3.8) is 0 Å². The van der Waals surface area contributed by atoms with Gasteiger partial charge in [-0.3, -0.25) is 14.9 Å². The van der Waals surface area contributed by atoms with Crippen LogP contribution in [0.5, 0.6) is 11.5 Å². The van der Waals surface area contributed by atoms with E-state index < -0.39 is 4.92 Å². The maximum atomic E-state index is 12.2. The van der Waals surface area contributed by atoms with E-state index in [1.54, 1.807) is 18.2 Å². The van der Waals surface area contributed by atoms with Gasteiger partial charge in [0.05, 0.1) is 23.7 Å². The number of benzene rings is 2. The van der Waals surface area contributed by atoms with Gasteiger partial charge in [-0.2, -0.15) is 0 Å². The van der Waals surface area contributed by atoms with Crippen LogP contribution in [-0.4, -0.2) is 24.4 Å². The van der Waals surface area contributed by atoms with Crippen LogP contribution in [0.4, 0.5) is 5.69 Å². The molecule has 130 valence electrons. The van der Waals surface area contributed by atoms with E-state index in [0.29, 0.717) is 34.3 Å². The summed E-state index contributed by atoms with van der Waals surface area (Å²) in [5, 5.41) is 11.0. The average Bonchev–Trinajstić information content (AvgIpc) is 2.61. The number of hydrogen-bond acceptors (Lipinski definition) is 5. The topological polar surface area (TPSA) is 78.7 Å². The van der Waals surface area contributed by atoms with Gasteiger partial charge in [0, 0.05) is 17.7 Å². The number of carbonyl (C=O) groups excluding carboxylic acids is 1. The Kier molecular flexibility index (Phi) is 6.14. The molecular weight excluding hydrogens is 346 g/mol. The van der Waals surface area contributed by atoms with Crippen LogP contribution in [0.3, 0.4) is 0 Å². The lowest BCUT2D eigenvalue weighted by molar-refractivity contribution is -0.384. The molecule has 0 aliphatic carbocycles. The number of methoxy groups -OCH3 is 1. The third-order valence-corrected chi connectivity index (χ3v) is 3.61. The van der Waals surface area contributed by atoms with Gasteiger partial charge in [0.1, 0.15) is 0 Å². The molecule has 25 heavy (non-hydrogen) atoms. The zero-order chi connectivity index (χ0) is 18.4. The summed E-state index contributed by atoms with van der Waals surface area (Å²) in [6, 6.07) is 8.77. The van der Waals surface area contributed by atoms with Crippen molar-refractivity contribution in [2.75, 3.05) is 13.7 Å². The van der Waals surface area contributed by atoms with Crippen molar-refractivity contribution in [2.24, 2.45) is 0 Å². The lowest BCUT2D eigenvalue weighted by Gasteiger charge is -2.11. The van der Waals surface area contributed by atoms with Crippen LogP contribution in [-0.2, 0) is 0 Å². The lowest BCUT2D eigenvalue weighted by atomic mass is 10.1. The van der Waals surface area contributed by atoms with E-state index in [1.807, 2.05) is 6.92 Å². The van der Waals surface area contributed by atoms with Gasteiger partial charge in [0.15, 0.2) is 17.3 Å². The number of allylic oxidation sites excluding steroid dienone is 1. The molecule has 0 saturated carbocycles. The molecule has 2 aromatic rings. The molecule has 0 unspecified atom stereocenters. The maximum Gasteiger partial charge on any atom is 0.269 e. The Morgan fingerprint density at radius 2 is 1.96 bits per heavy atom. The van der Waals surface area contributed by atoms with Crippen molar-refractivity contribution in [3.8, 4) is 11.5 Å². The number of non-ortho nitro benzene ring substituents is 1. The van der Waals surface area contributed by atoms with Gasteiger partial charge >= 0.3 is 0 Å². The van der Waals surface area contributed by atoms with Crippen LogP contribution in [0.25, 0.3) is 6.08 Å². The summed E-state index contributed by atoms with van der Waals surface area (Å²) in [7, 11) is 1.50. The Balaban J connectivity index is 2.21. The van der Waals surface area contributed by atoms with Gasteiger partial charge < -0.3 is 9.47 Å². The van der Waals surface area contributed by atoms with Crippen molar-refractivity contribution in [1.82, 2.24) is 0 Å². The second-order valence-corrected chi connectivity index (χ2v) is 5.38. The first-order valence-electron chi connectivity index (χ1n) is 7.43. The minimum Gasteiger partial charge on any atom is -0.493 e. The summed E-state index contributed by atoms with van der Waals surface area (Å²) in [6.45, 7) is 2.29. The largest absolute Gasteiger partial charge is 0.493 e. The van der Waals surface area contributed by atoms with Crippen molar-refractivity contribution in [2.45, 2.75) is 6.92 Å². The normalized spacial score (nSPS) is 10.7. The molecular formula is C18H16ClNO5. The molecule has 0 heterocycles. The van der Waals surface area contributed by atoms with Crippen molar-refractivity contribution < 1.29 is 19.2 Å². The molecule has 0 fully saturated rings. The highest BCUT2D eigenvalue weighted by atomic mass is 35.5.